The number of hydrogen-bond acceptors (Lipinski definition) is 4. The van der Waals surface area contributed by atoms with Crippen molar-refractivity contribution in [3.8, 4) is 0 Å². The first-order valence-corrected chi connectivity index (χ1v) is 9.14. The average Bonchev–Trinajstić information content (AvgIpc) is 2.91. The van der Waals surface area contributed by atoms with Crippen LogP contribution < -0.4 is 0 Å². The fraction of sp³-hybridized carbons (Fsp3) is 0.812. The number of carboxylic acid groups (broad SMARTS) is 1. The van der Waals surface area contributed by atoms with Gasteiger partial charge in [-0.1, -0.05) is 38.5 Å². The summed E-state index contributed by atoms with van der Waals surface area (Å²) in [5.41, 5.74) is 0. The maximum atomic E-state index is 12.8. The van der Waals surface area contributed by atoms with Crippen LogP contribution in [0.15, 0.2) is 0 Å². The highest BCUT2D eigenvalue weighted by Gasteiger charge is 2.48. The van der Waals surface area contributed by atoms with Crippen LogP contribution in [0.2, 0.25) is 0 Å². The molecule has 124 valence electrons. The molecule has 22 heavy (non-hydrogen) atoms. The van der Waals surface area contributed by atoms with E-state index in [0.29, 0.717) is 24.5 Å². The second-order valence-corrected chi connectivity index (χ2v) is 7.46. The van der Waals surface area contributed by atoms with Gasteiger partial charge in [-0.25, -0.2) is 4.79 Å². The minimum atomic E-state index is -0.896. The van der Waals surface area contributed by atoms with Gasteiger partial charge in [-0.2, -0.15) is 0 Å². The van der Waals surface area contributed by atoms with Crippen molar-refractivity contribution in [3.05, 3.63) is 0 Å². The highest BCUT2D eigenvalue weighted by Crippen LogP contribution is 2.40. The van der Waals surface area contributed by atoms with E-state index in [1.54, 1.807) is 18.7 Å². The summed E-state index contributed by atoms with van der Waals surface area (Å²) in [6.45, 7) is 3.60. The van der Waals surface area contributed by atoms with Crippen molar-refractivity contribution in [2.75, 3.05) is 5.75 Å². The Kier molecular flexibility index (Phi) is 5.89. The summed E-state index contributed by atoms with van der Waals surface area (Å²) in [4.78, 5) is 37.3. The monoisotopic (exact) mass is 327 g/mol. The molecule has 4 atom stereocenters. The van der Waals surface area contributed by atoms with Crippen LogP contribution in [-0.2, 0) is 14.4 Å². The molecule has 1 amide bonds. The minimum Gasteiger partial charge on any atom is -0.480 e. The van der Waals surface area contributed by atoms with E-state index in [1.807, 2.05) is 0 Å². The normalized spacial score (nSPS) is 29.0. The summed E-state index contributed by atoms with van der Waals surface area (Å²) < 4.78 is 0. The number of rotatable bonds is 5. The first kappa shape index (κ1) is 17.3. The summed E-state index contributed by atoms with van der Waals surface area (Å²) in [6.07, 6.45) is 5.17. The molecule has 1 saturated heterocycles. The van der Waals surface area contributed by atoms with Gasteiger partial charge in [0.25, 0.3) is 0 Å². The van der Waals surface area contributed by atoms with Gasteiger partial charge in [0, 0.05) is 24.1 Å². The van der Waals surface area contributed by atoms with Crippen LogP contribution >= 0.6 is 11.8 Å². The molecule has 2 fully saturated rings. The summed E-state index contributed by atoms with van der Waals surface area (Å²) in [5.74, 6) is -0.546. The molecule has 1 unspecified atom stereocenters. The molecule has 0 aromatic rings. The van der Waals surface area contributed by atoms with E-state index in [4.69, 9.17) is 0 Å². The van der Waals surface area contributed by atoms with Crippen molar-refractivity contribution in [2.24, 2.45) is 11.8 Å². The van der Waals surface area contributed by atoms with Crippen LogP contribution in [0.3, 0.4) is 0 Å². The number of nitrogens with zero attached hydrogens (tertiary/aromatic N) is 1. The number of carboxylic acids is 1. The minimum absolute atomic E-state index is 0.0754. The average molecular weight is 327 g/mol. The first-order chi connectivity index (χ1) is 10.5. The maximum absolute atomic E-state index is 12.8. The number of aliphatic carboxylic acids is 1. The van der Waals surface area contributed by atoms with E-state index < -0.39 is 12.0 Å². The molecule has 1 saturated carbocycles. The Bertz CT molecular complexity index is 453. The number of amides is 1. The Labute approximate surface area is 135 Å². The molecule has 6 heteroatoms. The first-order valence-electron chi connectivity index (χ1n) is 8.16. The van der Waals surface area contributed by atoms with Gasteiger partial charge >= 0.3 is 5.97 Å². The fourth-order valence-electron chi connectivity index (χ4n) is 3.64. The molecule has 0 aromatic heterocycles. The standard InChI is InChI=1S/C16H25NO4S/c1-3-14(18)22-9-10(2)15(19)17-12-7-5-4-6-11(12)8-13(17)16(20)21/h10-13H,3-9H2,1-2H3,(H,20,21)/t10?,11-,12-,13-/m0/s1. The smallest absolute Gasteiger partial charge is 0.326 e. The van der Waals surface area contributed by atoms with Crippen LogP contribution in [0.25, 0.3) is 0 Å². The quantitative estimate of drug-likeness (QED) is 0.840. The van der Waals surface area contributed by atoms with Crippen molar-refractivity contribution in [2.45, 2.75) is 64.5 Å². The SMILES string of the molecule is CCC(=O)SCC(C)C(=O)N1[C@H](C(=O)O)C[C@@H]2CCCC[C@@H]21. The largest absolute Gasteiger partial charge is 0.480 e. The molecule has 1 heterocycles. The molecular formula is C16H25NO4S. The van der Waals surface area contributed by atoms with Crippen molar-refractivity contribution in [1.82, 2.24) is 4.90 Å². The molecule has 0 spiro atoms. The third kappa shape index (κ3) is 3.65. The Hall–Kier alpha value is -1.04. The van der Waals surface area contributed by atoms with Gasteiger partial charge < -0.3 is 10.0 Å². The zero-order chi connectivity index (χ0) is 16.3. The summed E-state index contributed by atoms with van der Waals surface area (Å²) in [6, 6.07) is -0.605. The molecule has 5 nitrogen and oxygen atoms in total. The Morgan fingerprint density at radius 3 is 2.59 bits per heavy atom. The van der Waals surface area contributed by atoms with Crippen molar-refractivity contribution in [1.29, 1.82) is 0 Å². The molecular weight excluding hydrogens is 302 g/mol. The molecule has 0 aromatic carbocycles. The van der Waals surface area contributed by atoms with Gasteiger partial charge in [-0.05, 0) is 25.2 Å². The molecule has 1 N–H and O–H groups in total. The maximum Gasteiger partial charge on any atom is 0.326 e. The van der Waals surface area contributed by atoms with Crippen LogP contribution in [-0.4, -0.2) is 44.8 Å². The molecule has 1 aliphatic heterocycles. The van der Waals surface area contributed by atoms with E-state index in [-0.39, 0.29) is 23.0 Å². The summed E-state index contributed by atoms with van der Waals surface area (Å²) in [7, 11) is 0. The van der Waals surface area contributed by atoms with E-state index in [1.165, 1.54) is 11.8 Å². The van der Waals surface area contributed by atoms with Crippen LogP contribution in [0.1, 0.15) is 52.4 Å². The van der Waals surface area contributed by atoms with Crippen LogP contribution in [0.5, 0.6) is 0 Å². The van der Waals surface area contributed by atoms with Gasteiger partial charge in [0.2, 0.25) is 5.91 Å². The number of hydrogen-bond donors (Lipinski definition) is 1. The van der Waals surface area contributed by atoms with Crippen molar-refractivity contribution >= 4 is 28.8 Å². The van der Waals surface area contributed by atoms with E-state index in [9.17, 15) is 19.5 Å². The number of carbonyl (C=O) groups excluding carboxylic acids is 2. The Morgan fingerprint density at radius 1 is 1.27 bits per heavy atom. The van der Waals surface area contributed by atoms with E-state index in [2.05, 4.69) is 0 Å². The molecule has 2 aliphatic rings. The lowest BCUT2D eigenvalue weighted by molar-refractivity contribution is -0.151. The van der Waals surface area contributed by atoms with Crippen LogP contribution in [0.4, 0.5) is 0 Å². The topological polar surface area (TPSA) is 74.7 Å². The number of likely N-dealkylation sites (tertiary alicyclic amines) is 1. The predicted molar refractivity (Wildman–Crippen MR) is 85.6 cm³/mol. The third-order valence-electron chi connectivity index (χ3n) is 4.83. The highest BCUT2D eigenvalue weighted by atomic mass is 32.2. The zero-order valence-corrected chi connectivity index (χ0v) is 14.1. The summed E-state index contributed by atoms with van der Waals surface area (Å²) in [5, 5.41) is 9.54. The zero-order valence-electron chi connectivity index (χ0n) is 13.3. The van der Waals surface area contributed by atoms with Gasteiger partial charge in [-0.3, -0.25) is 9.59 Å². The lowest BCUT2D eigenvalue weighted by Gasteiger charge is -2.34. The number of carbonyl (C=O) groups is 3. The van der Waals surface area contributed by atoms with Gasteiger partial charge in [0.15, 0.2) is 5.12 Å². The van der Waals surface area contributed by atoms with Crippen LogP contribution in [0, 0.1) is 11.8 Å². The Morgan fingerprint density at radius 2 is 1.95 bits per heavy atom. The number of fused-ring (bicyclic) bond motifs is 1. The highest BCUT2D eigenvalue weighted by molar-refractivity contribution is 8.13. The fourth-order valence-corrected chi connectivity index (χ4v) is 4.43. The lowest BCUT2D eigenvalue weighted by Crippen LogP contribution is -2.48. The molecule has 2 rings (SSSR count). The third-order valence-corrected chi connectivity index (χ3v) is 6.11. The van der Waals surface area contributed by atoms with Crippen molar-refractivity contribution < 1.29 is 19.5 Å². The lowest BCUT2D eigenvalue weighted by atomic mass is 9.84. The molecule has 0 radical (unpaired) electrons. The van der Waals surface area contributed by atoms with E-state index >= 15 is 0 Å². The Balaban J connectivity index is 2.07. The van der Waals surface area contributed by atoms with Crippen molar-refractivity contribution in [3.63, 3.8) is 0 Å². The van der Waals surface area contributed by atoms with Gasteiger partial charge in [0.05, 0.1) is 0 Å². The van der Waals surface area contributed by atoms with Gasteiger partial charge in [-0.15, -0.1) is 0 Å². The van der Waals surface area contributed by atoms with E-state index in [0.717, 1.165) is 25.7 Å². The predicted octanol–water partition coefficient (Wildman–Crippen LogP) is 2.54. The summed E-state index contributed by atoms with van der Waals surface area (Å²) >= 11 is 1.18. The second kappa shape index (κ2) is 7.49. The second-order valence-electron chi connectivity index (χ2n) is 6.38. The molecule has 0 bridgehead atoms. The number of thioether (sulfide) groups is 1. The van der Waals surface area contributed by atoms with Gasteiger partial charge in [0.1, 0.15) is 6.04 Å². The molecule has 1 aliphatic carbocycles.